The first kappa shape index (κ1) is 25.7. The zero-order chi connectivity index (χ0) is 24.8. The molecule has 7 N–H and O–H groups in total. The molecule has 1 saturated heterocycles. The van der Waals surface area contributed by atoms with Crippen LogP contribution in [-0.4, -0.2) is 92.2 Å². The maximum Gasteiger partial charge on any atom is 0.167 e. The first-order valence-electron chi connectivity index (χ1n) is 11.8. The lowest BCUT2D eigenvalue weighted by atomic mass is 10.1. The number of aliphatic hydroxyl groups excluding tert-OH is 2. The maximum absolute atomic E-state index is 10.7. The van der Waals surface area contributed by atoms with E-state index in [-0.39, 0.29) is 5.82 Å². The Bertz CT molecular complexity index is 1080. The van der Waals surface area contributed by atoms with Crippen LogP contribution in [-0.2, 0) is 11.2 Å². The fraction of sp³-hybridized carbons (Fsp3) is 0.522. The van der Waals surface area contributed by atoms with Gasteiger partial charge in [0.2, 0.25) is 0 Å². The first-order valence-corrected chi connectivity index (χ1v) is 12.2. The van der Waals surface area contributed by atoms with E-state index in [0.29, 0.717) is 24.3 Å². The number of aromatic nitrogens is 4. The molecule has 12 heteroatoms. The number of ether oxygens (including phenoxy) is 1. The third kappa shape index (κ3) is 6.25. The summed E-state index contributed by atoms with van der Waals surface area (Å²) in [5.74, 6) is 0.245. The number of rotatable bonds is 12. The van der Waals surface area contributed by atoms with Crippen LogP contribution in [0.4, 0.5) is 5.82 Å². The summed E-state index contributed by atoms with van der Waals surface area (Å²) in [5, 5.41) is 25.7. The minimum Gasteiger partial charge on any atom is -0.387 e. The van der Waals surface area contributed by atoms with E-state index in [4.69, 9.17) is 27.8 Å². The second-order valence-corrected chi connectivity index (χ2v) is 9.13. The fourth-order valence-corrected chi connectivity index (χ4v) is 4.40. The number of imidazole rings is 1. The van der Waals surface area contributed by atoms with Gasteiger partial charge in [-0.1, -0.05) is 23.7 Å². The van der Waals surface area contributed by atoms with Gasteiger partial charge in [0.25, 0.3) is 0 Å². The number of nitrogens with zero attached hydrogens (tertiary/aromatic N) is 5. The second kappa shape index (κ2) is 12.0. The van der Waals surface area contributed by atoms with Crippen molar-refractivity contribution < 1.29 is 14.9 Å². The molecule has 0 radical (unpaired) electrons. The highest BCUT2D eigenvalue weighted by molar-refractivity contribution is 6.30. The highest BCUT2D eigenvalue weighted by Gasteiger charge is 2.44. The van der Waals surface area contributed by atoms with E-state index in [0.717, 1.165) is 44.0 Å². The molecule has 1 unspecified atom stereocenters. The zero-order valence-corrected chi connectivity index (χ0v) is 20.3. The van der Waals surface area contributed by atoms with Gasteiger partial charge in [0.05, 0.1) is 6.33 Å². The van der Waals surface area contributed by atoms with Crippen molar-refractivity contribution in [2.45, 2.75) is 37.4 Å². The molecule has 190 valence electrons. The number of nitrogens with two attached hydrogens (primary N) is 2. The molecule has 0 saturated carbocycles. The van der Waals surface area contributed by atoms with E-state index in [2.05, 4.69) is 25.2 Å². The van der Waals surface area contributed by atoms with Crippen LogP contribution in [0.15, 0.2) is 36.9 Å². The monoisotopic (exact) mass is 504 g/mol. The molecule has 2 aromatic heterocycles. The lowest BCUT2D eigenvalue weighted by molar-refractivity contribution is -0.0440. The third-order valence-electron chi connectivity index (χ3n) is 6.22. The van der Waals surface area contributed by atoms with Gasteiger partial charge in [-0.2, -0.15) is 0 Å². The van der Waals surface area contributed by atoms with Crippen LogP contribution in [0.2, 0.25) is 5.02 Å². The summed E-state index contributed by atoms with van der Waals surface area (Å²) in [6.45, 7) is 4.16. The van der Waals surface area contributed by atoms with Gasteiger partial charge in [-0.3, -0.25) is 9.47 Å². The molecule has 35 heavy (non-hydrogen) atoms. The summed E-state index contributed by atoms with van der Waals surface area (Å²) in [6, 6.07) is 7.85. The Kier molecular flexibility index (Phi) is 8.84. The number of aliphatic hydroxyl groups is 2. The van der Waals surface area contributed by atoms with Gasteiger partial charge in [-0.25, -0.2) is 15.0 Å². The van der Waals surface area contributed by atoms with Crippen LogP contribution >= 0.6 is 11.6 Å². The quantitative estimate of drug-likeness (QED) is 0.215. The van der Waals surface area contributed by atoms with E-state index >= 15 is 0 Å². The van der Waals surface area contributed by atoms with Crippen molar-refractivity contribution in [3.8, 4) is 0 Å². The average Bonchev–Trinajstić information content (AvgIpc) is 3.40. The summed E-state index contributed by atoms with van der Waals surface area (Å²) in [5.41, 5.74) is 13.7. The Balaban J connectivity index is 1.32. The first-order chi connectivity index (χ1) is 17.0. The number of nitrogen functional groups attached to an aromatic ring is 1. The van der Waals surface area contributed by atoms with Crippen molar-refractivity contribution in [3.63, 3.8) is 0 Å². The van der Waals surface area contributed by atoms with Crippen molar-refractivity contribution in [2.24, 2.45) is 5.73 Å². The highest BCUT2D eigenvalue weighted by Crippen LogP contribution is 2.32. The van der Waals surface area contributed by atoms with Crippen LogP contribution in [0.3, 0.4) is 0 Å². The van der Waals surface area contributed by atoms with Crippen molar-refractivity contribution >= 4 is 28.6 Å². The Morgan fingerprint density at radius 2 is 1.89 bits per heavy atom. The third-order valence-corrected chi connectivity index (χ3v) is 6.48. The molecule has 1 aliphatic heterocycles. The van der Waals surface area contributed by atoms with E-state index in [1.54, 1.807) is 4.57 Å². The summed E-state index contributed by atoms with van der Waals surface area (Å²) in [4.78, 5) is 14.6. The second-order valence-electron chi connectivity index (χ2n) is 8.70. The molecule has 0 aliphatic carbocycles. The van der Waals surface area contributed by atoms with Gasteiger partial charge in [0.15, 0.2) is 17.7 Å². The van der Waals surface area contributed by atoms with Gasteiger partial charge in [-0.05, 0) is 50.2 Å². The zero-order valence-electron chi connectivity index (χ0n) is 19.5. The molecule has 1 fully saturated rings. The van der Waals surface area contributed by atoms with Crippen LogP contribution in [0, 0.1) is 0 Å². The number of hydrogen-bond donors (Lipinski definition) is 5. The van der Waals surface area contributed by atoms with E-state index < -0.39 is 24.5 Å². The Hall–Kier alpha value is -2.38. The van der Waals surface area contributed by atoms with Crippen molar-refractivity contribution in [1.29, 1.82) is 0 Å². The topological polar surface area (TPSA) is 161 Å². The summed E-state index contributed by atoms with van der Waals surface area (Å²) in [6.07, 6.45) is 0.946. The number of benzene rings is 1. The minimum absolute atomic E-state index is 0.245. The molecule has 1 aliphatic rings. The normalized spacial score (nSPS) is 22.4. The number of halogens is 1. The average molecular weight is 505 g/mol. The number of nitrogens with one attached hydrogen (secondary N) is 1. The molecule has 4 atom stereocenters. The Morgan fingerprint density at radius 1 is 1.09 bits per heavy atom. The molecule has 0 spiro atoms. The standard InChI is InChI=1S/C23H33ClN8O3/c24-16-4-2-15(3-5-16)6-8-27-9-11-31(10-1-7-25)12-17-19(33)20(34)23(35-17)32-14-30-18-21(26)28-13-29-22(18)32/h2-5,13-14,17,19-20,23,27,33-34H,1,6-12,25H2,(H2,26,28,29)/t17?,19-,20-,23-/m1/s1. The summed E-state index contributed by atoms with van der Waals surface area (Å²) < 4.78 is 7.69. The fourth-order valence-electron chi connectivity index (χ4n) is 4.28. The SMILES string of the molecule is NCCCN(CCNCCc1ccc(Cl)cc1)CC1O[C@@H](n2cnc3c(N)ncnc32)[C@H](O)[C@@H]1O. The molecule has 11 nitrogen and oxygen atoms in total. The number of anilines is 1. The molecule has 3 aromatic rings. The molecule has 0 amide bonds. The van der Waals surface area contributed by atoms with Crippen molar-refractivity contribution in [1.82, 2.24) is 29.7 Å². The van der Waals surface area contributed by atoms with Gasteiger partial charge < -0.3 is 31.7 Å². The van der Waals surface area contributed by atoms with E-state index in [9.17, 15) is 10.2 Å². The Morgan fingerprint density at radius 3 is 2.66 bits per heavy atom. The van der Waals surface area contributed by atoms with Crippen LogP contribution in [0.5, 0.6) is 0 Å². The summed E-state index contributed by atoms with van der Waals surface area (Å²) >= 11 is 5.94. The predicted molar refractivity (Wildman–Crippen MR) is 134 cm³/mol. The van der Waals surface area contributed by atoms with Gasteiger partial charge >= 0.3 is 0 Å². The number of hydrogen-bond acceptors (Lipinski definition) is 10. The summed E-state index contributed by atoms with van der Waals surface area (Å²) in [7, 11) is 0. The van der Waals surface area contributed by atoms with Crippen LogP contribution in [0.1, 0.15) is 18.2 Å². The van der Waals surface area contributed by atoms with Crippen LogP contribution < -0.4 is 16.8 Å². The van der Waals surface area contributed by atoms with Crippen LogP contribution in [0.25, 0.3) is 11.2 Å². The molecule has 1 aromatic carbocycles. The molecule has 3 heterocycles. The molecule has 0 bridgehead atoms. The molecular weight excluding hydrogens is 472 g/mol. The lowest BCUT2D eigenvalue weighted by Gasteiger charge is -2.26. The van der Waals surface area contributed by atoms with Gasteiger partial charge in [0, 0.05) is 24.7 Å². The predicted octanol–water partition coefficient (Wildman–Crippen LogP) is 0.164. The molecule has 4 rings (SSSR count). The minimum atomic E-state index is -1.14. The Labute approximate surface area is 209 Å². The van der Waals surface area contributed by atoms with E-state index in [1.165, 1.54) is 18.2 Å². The number of fused-ring (bicyclic) bond motifs is 1. The molecular formula is C23H33ClN8O3. The van der Waals surface area contributed by atoms with Gasteiger partial charge in [-0.15, -0.1) is 0 Å². The highest BCUT2D eigenvalue weighted by atomic mass is 35.5. The van der Waals surface area contributed by atoms with Crippen molar-refractivity contribution in [2.75, 3.05) is 45.0 Å². The van der Waals surface area contributed by atoms with Crippen molar-refractivity contribution in [3.05, 3.63) is 47.5 Å². The smallest absolute Gasteiger partial charge is 0.167 e. The largest absolute Gasteiger partial charge is 0.387 e. The maximum atomic E-state index is 10.7. The van der Waals surface area contributed by atoms with Gasteiger partial charge in [0.1, 0.15) is 30.2 Å². The van der Waals surface area contributed by atoms with E-state index in [1.807, 2.05) is 24.3 Å². The lowest BCUT2D eigenvalue weighted by Crippen LogP contribution is -2.43.